The first-order valence-corrected chi connectivity index (χ1v) is 5.72. The molecular weight excluding hydrogens is 228 g/mol. The van der Waals surface area contributed by atoms with Gasteiger partial charge in [0.1, 0.15) is 0 Å². The topological polar surface area (TPSA) is 41.5 Å². The van der Waals surface area contributed by atoms with Gasteiger partial charge in [-0.1, -0.05) is 12.8 Å². The van der Waals surface area contributed by atoms with Crippen molar-refractivity contribution in [2.45, 2.75) is 38.3 Å². The van der Waals surface area contributed by atoms with Crippen molar-refractivity contribution >= 4 is 0 Å². The third-order valence-corrected chi connectivity index (χ3v) is 2.91. The molecule has 0 bridgehead atoms. The fraction of sp³-hybridized carbons (Fsp3) is 0.500. The number of rotatable bonds is 4. The number of aromatic hydroxyl groups is 1. The van der Waals surface area contributed by atoms with E-state index in [9.17, 15) is 8.78 Å². The Morgan fingerprint density at radius 1 is 1.24 bits per heavy atom. The first-order valence-electron chi connectivity index (χ1n) is 5.72. The number of nitrogens with one attached hydrogen (secondary N) is 1. The number of halogens is 2. The Morgan fingerprint density at radius 3 is 2.41 bits per heavy atom. The van der Waals surface area contributed by atoms with Gasteiger partial charge in [-0.25, -0.2) is 8.78 Å². The molecule has 0 saturated heterocycles. The van der Waals surface area contributed by atoms with Crippen LogP contribution >= 0.6 is 0 Å². The van der Waals surface area contributed by atoms with Gasteiger partial charge in [0.2, 0.25) is 0 Å². The van der Waals surface area contributed by atoms with Gasteiger partial charge in [-0.3, -0.25) is 4.84 Å². The van der Waals surface area contributed by atoms with Gasteiger partial charge in [-0.2, -0.15) is 5.48 Å². The summed E-state index contributed by atoms with van der Waals surface area (Å²) in [6, 6.07) is 2.17. The monoisotopic (exact) mass is 243 g/mol. The molecule has 1 fully saturated rings. The first kappa shape index (κ1) is 12.3. The van der Waals surface area contributed by atoms with E-state index in [1.807, 2.05) is 0 Å². The summed E-state index contributed by atoms with van der Waals surface area (Å²) in [5.41, 5.74) is 3.10. The van der Waals surface area contributed by atoms with Crippen molar-refractivity contribution in [1.82, 2.24) is 5.48 Å². The van der Waals surface area contributed by atoms with Crippen LogP contribution in [-0.4, -0.2) is 11.2 Å². The smallest absolute Gasteiger partial charge is 0.187 e. The summed E-state index contributed by atoms with van der Waals surface area (Å²) in [4.78, 5) is 5.36. The number of hydrogen-bond acceptors (Lipinski definition) is 3. The highest BCUT2D eigenvalue weighted by molar-refractivity contribution is 5.29. The summed E-state index contributed by atoms with van der Waals surface area (Å²) in [6.07, 6.45) is 4.56. The normalized spacial score (nSPS) is 16.6. The van der Waals surface area contributed by atoms with Gasteiger partial charge in [0.25, 0.3) is 0 Å². The first-order chi connectivity index (χ1) is 8.16. The maximum absolute atomic E-state index is 13.0. The van der Waals surface area contributed by atoms with Crippen LogP contribution in [0.3, 0.4) is 0 Å². The molecule has 0 aliphatic heterocycles. The lowest BCUT2D eigenvalue weighted by Gasteiger charge is -2.11. The number of hydroxylamine groups is 1. The van der Waals surface area contributed by atoms with Crippen LogP contribution in [0.15, 0.2) is 12.1 Å². The molecule has 2 N–H and O–H groups in total. The Labute approximate surface area is 98.4 Å². The van der Waals surface area contributed by atoms with Crippen molar-refractivity contribution in [1.29, 1.82) is 0 Å². The third kappa shape index (κ3) is 3.14. The highest BCUT2D eigenvalue weighted by Gasteiger charge is 2.15. The van der Waals surface area contributed by atoms with E-state index in [0.717, 1.165) is 37.8 Å². The van der Waals surface area contributed by atoms with E-state index < -0.39 is 17.4 Å². The van der Waals surface area contributed by atoms with Gasteiger partial charge in [0, 0.05) is 6.54 Å². The van der Waals surface area contributed by atoms with E-state index in [1.165, 1.54) is 0 Å². The van der Waals surface area contributed by atoms with Crippen LogP contribution in [-0.2, 0) is 11.4 Å². The zero-order chi connectivity index (χ0) is 12.3. The Balaban J connectivity index is 1.86. The number of benzene rings is 1. The zero-order valence-electron chi connectivity index (χ0n) is 9.38. The summed E-state index contributed by atoms with van der Waals surface area (Å²) in [7, 11) is 0. The van der Waals surface area contributed by atoms with Gasteiger partial charge in [-0.15, -0.1) is 0 Å². The minimum absolute atomic E-state index is 0.196. The van der Waals surface area contributed by atoms with Crippen molar-refractivity contribution in [3.8, 4) is 5.75 Å². The summed E-state index contributed by atoms with van der Waals surface area (Å²) < 4.78 is 26.0. The minimum Gasteiger partial charge on any atom is -0.503 e. The van der Waals surface area contributed by atoms with Gasteiger partial charge in [-0.05, 0) is 30.5 Å². The van der Waals surface area contributed by atoms with Gasteiger partial charge in [0.05, 0.1) is 6.10 Å². The predicted molar refractivity (Wildman–Crippen MR) is 58.2 cm³/mol. The lowest BCUT2D eigenvalue weighted by molar-refractivity contribution is -0.0244. The summed E-state index contributed by atoms with van der Waals surface area (Å²) in [5.74, 6) is -2.85. The number of phenolic OH excluding ortho intramolecular Hbond substituents is 1. The second kappa shape index (κ2) is 5.42. The third-order valence-electron chi connectivity index (χ3n) is 2.91. The second-order valence-electron chi connectivity index (χ2n) is 4.25. The fourth-order valence-corrected chi connectivity index (χ4v) is 1.97. The highest BCUT2D eigenvalue weighted by atomic mass is 19.1. The van der Waals surface area contributed by atoms with Crippen molar-refractivity contribution in [3.05, 3.63) is 29.3 Å². The highest BCUT2D eigenvalue weighted by Crippen LogP contribution is 2.22. The molecule has 17 heavy (non-hydrogen) atoms. The number of phenols is 1. The molecular formula is C12H15F2NO2. The molecule has 1 aliphatic rings. The van der Waals surface area contributed by atoms with E-state index in [2.05, 4.69) is 5.48 Å². The molecule has 0 aromatic heterocycles. The van der Waals surface area contributed by atoms with Crippen LogP contribution in [0.2, 0.25) is 0 Å². The zero-order valence-corrected chi connectivity index (χ0v) is 9.38. The van der Waals surface area contributed by atoms with E-state index in [-0.39, 0.29) is 12.6 Å². The summed E-state index contributed by atoms with van der Waals surface area (Å²) in [6.45, 7) is 0.213. The lowest BCUT2D eigenvalue weighted by atomic mass is 10.2. The molecule has 1 aliphatic carbocycles. The molecule has 0 radical (unpaired) electrons. The van der Waals surface area contributed by atoms with Gasteiger partial charge < -0.3 is 5.11 Å². The largest absolute Gasteiger partial charge is 0.503 e. The molecule has 5 heteroatoms. The molecule has 94 valence electrons. The van der Waals surface area contributed by atoms with Crippen LogP contribution in [0.1, 0.15) is 31.2 Å². The van der Waals surface area contributed by atoms with Crippen LogP contribution in [0.25, 0.3) is 0 Å². The average Bonchev–Trinajstić information content (AvgIpc) is 2.79. The predicted octanol–water partition coefficient (Wildman–Crippen LogP) is 2.63. The Kier molecular flexibility index (Phi) is 3.91. The maximum atomic E-state index is 13.0. The lowest BCUT2D eigenvalue weighted by Crippen LogP contribution is -2.21. The Bertz CT molecular complexity index is 369. The van der Waals surface area contributed by atoms with Gasteiger partial charge >= 0.3 is 0 Å². The molecule has 0 amide bonds. The minimum atomic E-state index is -0.956. The van der Waals surface area contributed by atoms with Crippen molar-refractivity contribution in [3.63, 3.8) is 0 Å². The quantitative estimate of drug-likeness (QED) is 0.799. The van der Waals surface area contributed by atoms with Crippen molar-refractivity contribution in [2.24, 2.45) is 0 Å². The van der Waals surface area contributed by atoms with Crippen molar-refractivity contribution < 1.29 is 18.7 Å². The standard InChI is InChI=1S/C12H15F2NO2/c13-10-5-8(6-11(14)12(10)16)7-15-17-9-3-1-2-4-9/h5-6,9,15-16H,1-4,7H2. The molecule has 1 saturated carbocycles. The van der Waals surface area contributed by atoms with Crippen molar-refractivity contribution in [2.75, 3.05) is 0 Å². The van der Waals surface area contributed by atoms with E-state index in [1.54, 1.807) is 0 Å². The molecule has 0 atom stereocenters. The molecule has 1 aromatic carbocycles. The summed E-state index contributed by atoms with van der Waals surface area (Å²) >= 11 is 0. The Hall–Kier alpha value is -1.20. The Morgan fingerprint density at radius 2 is 1.82 bits per heavy atom. The van der Waals surface area contributed by atoms with Crippen LogP contribution in [0.4, 0.5) is 8.78 Å². The molecule has 3 nitrogen and oxygen atoms in total. The second-order valence-corrected chi connectivity index (χ2v) is 4.25. The molecule has 0 unspecified atom stereocenters. The van der Waals surface area contributed by atoms with Crippen LogP contribution < -0.4 is 5.48 Å². The molecule has 0 heterocycles. The average molecular weight is 243 g/mol. The van der Waals surface area contributed by atoms with E-state index in [0.29, 0.717) is 5.56 Å². The summed E-state index contributed by atoms with van der Waals surface area (Å²) in [5, 5.41) is 8.93. The maximum Gasteiger partial charge on any atom is 0.187 e. The molecule has 2 rings (SSSR count). The van der Waals surface area contributed by atoms with Gasteiger partial charge in [0.15, 0.2) is 17.4 Å². The van der Waals surface area contributed by atoms with Crippen LogP contribution in [0, 0.1) is 11.6 Å². The molecule has 1 aromatic rings. The molecule has 0 spiro atoms. The number of hydrogen-bond donors (Lipinski definition) is 2. The van der Waals surface area contributed by atoms with E-state index >= 15 is 0 Å². The fourth-order valence-electron chi connectivity index (χ4n) is 1.97. The SMILES string of the molecule is Oc1c(F)cc(CNOC2CCCC2)cc1F. The van der Waals surface area contributed by atoms with Crippen LogP contribution in [0.5, 0.6) is 5.75 Å². The van der Waals surface area contributed by atoms with E-state index in [4.69, 9.17) is 9.94 Å².